The highest BCUT2D eigenvalue weighted by Crippen LogP contribution is 2.30. The van der Waals surface area contributed by atoms with Crippen LogP contribution in [0.5, 0.6) is 5.88 Å². The number of imidazole rings is 1. The first-order valence-electron chi connectivity index (χ1n) is 10.7. The fourth-order valence-electron chi connectivity index (χ4n) is 3.51. The first-order valence-corrected chi connectivity index (χ1v) is 12.0. The maximum absolute atomic E-state index is 12.5. The van der Waals surface area contributed by atoms with E-state index in [4.69, 9.17) is 4.74 Å². The zero-order valence-corrected chi connectivity index (χ0v) is 19.3. The monoisotopic (exact) mass is 470 g/mol. The van der Waals surface area contributed by atoms with E-state index in [2.05, 4.69) is 4.98 Å². The Balaban J connectivity index is 1.99. The molecule has 0 saturated carbocycles. The lowest BCUT2D eigenvalue weighted by molar-refractivity contribution is 0.0697. The molecule has 174 valence electrons. The summed E-state index contributed by atoms with van der Waals surface area (Å²) >= 11 is -1.48. The zero-order chi connectivity index (χ0) is 24.0. The quantitative estimate of drug-likeness (QED) is 0.321. The molecule has 1 atom stereocenters. The Morgan fingerprint density at radius 2 is 1.79 bits per heavy atom. The molecule has 3 aromatic rings. The minimum absolute atomic E-state index is 0.0194. The number of ether oxygens (including phenoxy) is 1. The van der Waals surface area contributed by atoms with E-state index < -0.39 is 23.3 Å². The van der Waals surface area contributed by atoms with Gasteiger partial charge in [-0.1, -0.05) is 55.8 Å². The number of nitrogens with zero attached hydrogens (tertiary/aromatic N) is 2. The standard InChI is InChI=1S/C24H26N2O6S/c1-3-5-10-20-25-21(33(31)4-2)22(32-24(29)30)26(20)15-16-11-13-17(14-12-16)18-8-6-7-9-19(18)23(27)28/h6-9,11-14H,3-5,10,15H2,1-2H3,(H,27,28)(H,29,30). The molecule has 3 rings (SSSR count). The molecule has 0 aliphatic carbocycles. The van der Waals surface area contributed by atoms with E-state index in [1.165, 1.54) is 0 Å². The molecule has 0 amide bonds. The second-order valence-corrected chi connectivity index (χ2v) is 9.03. The molecule has 0 radical (unpaired) electrons. The van der Waals surface area contributed by atoms with Crippen LogP contribution < -0.4 is 4.74 Å². The Hall–Kier alpha value is -3.30. The largest absolute Gasteiger partial charge is 0.610 e. The van der Waals surface area contributed by atoms with E-state index in [1.807, 2.05) is 31.2 Å². The van der Waals surface area contributed by atoms with Crippen molar-refractivity contribution in [3.63, 3.8) is 0 Å². The molecule has 9 heteroatoms. The molecule has 0 aliphatic rings. The third-order valence-electron chi connectivity index (χ3n) is 5.15. The van der Waals surface area contributed by atoms with Gasteiger partial charge in [0.2, 0.25) is 0 Å². The topological polar surface area (TPSA) is 125 Å². The van der Waals surface area contributed by atoms with Crippen LogP contribution in [0.4, 0.5) is 4.79 Å². The second-order valence-electron chi connectivity index (χ2n) is 7.38. The van der Waals surface area contributed by atoms with Crippen LogP contribution in [0.3, 0.4) is 0 Å². The van der Waals surface area contributed by atoms with Crippen molar-refractivity contribution in [2.24, 2.45) is 0 Å². The third-order valence-corrected chi connectivity index (χ3v) is 6.37. The maximum Gasteiger partial charge on any atom is 0.512 e. The first-order chi connectivity index (χ1) is 15.8. The number of carboxylic acid groups (broad SMARTS) is 2. The van der Waals surface area contributed by atoms with E-state index in [1.54, 1.807) is 35.8 Å². The molecule has 0 bridgehead atoms. The summed E-state index contributed by atoms with van der Waals surface area (Å²) in [5.41, 5.74) is 2.41. The van der Waals surface area contributed by atoms with Gasteiger partial charge in [-0.3, -0.25) is 4.57 Å². The van der Waals surface area contributed by atoms with Crippen LogP contribution in [0.2, 0.25) is 0 Å². The van der Waals surface area contributed by atoms with Gasteiger partial charge in [0.05, 0.1) is 12.1 Å². The van der Waals surface area contributed by atoms with E-state index in [0.717, 1.165) is 24.0 Å². The second kappa shape index (κ2) is 11.0. The molecule has 2 N–H and O–H groups in total. The van der Waals surface area contributed by atoms with Crippen LogP contribution in [-0.2, 0) is 24.1 Å². The average molecular weight is 471 g/mol. The molecule has 0 aliphatic heterocycles. The van der Waals surface area contributed by atoms with Gasteiger partial charge < -0.3 is 19.5 Å². The zero-order valence-electron chi connectivity index (χ0n) is 18.5. The Labute approximate surface area is 195 Å². The predicted octanol–water partition coefficient (Wildman–Crippen LogP) is 4.82. The summed E-state index contributed by atoms with van der Waals surface area (Å²) in [5, 5.41) is 18.8. The lowest BCUT2D eigenvalue weighted by atomic mass is 9.99. The lowest BCUT2D eigenvalue weighted by Crippen LogP contribution is -2.14. The predicted molar refractivity (Wildman–Crippen MR) is 124 cm³/mol. The summed E-state index contributed by atoms with van der Waals surface area (Å²) in [7, 11) is 0. The van der Waals surface area contributed by atoms with E-state index in [9.17, 15) is 24.4 Å². The van der Waals surface area contributed by atoms with Crippen molar-refractivity contribution in [1.82, 2.24) is 9.55 Å². The van der Waals surface area contributed by atoms with E-state index >= 15 is 0 Å². The van der Waals surface area contributed by atoms with Crippen LogP contribution in [0.15, 0.2) is 53.6 Å². The number of carbonyl (C=O) groups is 2. The van der Waals surface area contributed by atoms with Gasteiger partial charge in [0, 0.05) is 17.6 Å². The van der Waals surface area contributed by atoms with Gasteiger partial charge in [0.25, 0.3) is 5.88 Å². The van der Waals surface area contributed by atoms with Crippen molar-refractivity contribution in [1.29, 1.82) is 0 Å². The minimum atomic E-state index is -1.49. The van der Waals surface area contributed by atoms with Crippen LogP contribution in [0, 0.1) is 0 Å². The highest BCUT2D eigenvalue weighted by atomic mass is 32.2. The van der Waals surface area contributed by atoms with Crippen molar-refractivity contribution < 1.29 is 29.1 Å². The first kappa shape index (κ1) is 24.3. The molecule has 0 fully saturated rings. The van der Waals surface area contributed by atoms with Crippen LogP contribution in [0.1, 0.15) is 48.4 Å². The molecule has 1 aromatic heterocycles. The Bertz CT molecular complexity index is 1130. The van der Waals surface area contributed by atoms with E-state index in [0.29, 0.717) is 17.8 Å². The van der Waals surface area contributed by atoms with Gasteiger partial charge in [0.15, 0.2) is 0 Å². The normalized spacial score (nSPS) is 11.8. The van der Waals surface area contributed by atoms with Crippen molar-refractivity contribution >= 4 is 23.3 Å². The van der Waals surface area contributed by atoms with Crippen molar-refractivity contribution in [3.8, 4) is 17.0 Å². The fraction of sp³-hybridized carbons (Fsp3) is 0.292. The van der Waals surface area contributed by atoms with Gasteiger partial charge in [0.1, 0.15) is 11.6 Å². The minimum Gasteiger partial charge on any atom is -0.610 e. The smallest absolute Gasteiger partial charge is 0.512 e. The number of hydrogen-bond donors (Lipinski definition) is 2. The van der Waals surface area contributed by atoms with Crippen molar-refractivity contribution in [2.45, 2.75) is 44.7 Å². The highest BCUT2D eigenvalue weighted by molar-refractivity contribution is 7.91. The third kappa shape index (κ3) is 5.74. The van der Waals surface area contributed by atoms with Crippen molar-refractivity contribution in [2.75, 3.05) is 5.75 Å². The molecule has 8 nitrogen and oxygen atoms in total. The van der Waals surface area contributed by atoms with Gasteiger partial charge >= 0.3 is 17.2 Å². The summed E-state index contributed by atoms with van der Waals surface area (Å²) in [6, 6.07) is 14.1. The SMILES string of the molecule is CCCCc1nc([S+]([O-])CC)c(OC(=O)O)n1Cc1ccc(-c2ccccc2C(=O)O)cc1. The fourth-order valence-corrected chi connectivity index (χ4v) is 4.33. The highest BCUT2D eigenvalue weighted by Gasteiger charge is 2.29. The summed E-state index contributed by atoms with van der Waals surface area (Å²) in [6.45, 7) is 4.05. The van der Waals surface area contributed by atoms with Crippen LogP contribution >= 0.6 is 0 Å². The lowest BCUT2D eigenvalue weighted by Gasteiger charge is -2.12. The number of carboxylic acids is 1. The molecule has 33 heavy (non-hydrogen) atoms. The number of aryl methyl sites for hydroxylation is 1. The Kier molecular flexibility index (Phi) is 8.13. The van der Waals surface area contributed by atoms with Crippen molar-refractivity contribution in [3.05, 3.63) is 65.5 Å². The molecule has 2 aromatic carbocycles. The molecule has 0 saturated heterocycles. The Morgan fingerprint density at radius 3 is 2.39 bits per heavy atom. The summed E-state index contributed by atoms with van der Waals surface area (Å²) < 4.78 is 19.2. The number of aromatic nitrogens is 2. The van der Waals surface area contributed by atoms with Gasteiger partial charge in [-0.15, -0.1) is 0 Å². The van der Waals surface area contributed by atoms with Crippen LogP contribution in [0.25, 0.3) is 11.1 Å². The summed E-state index contributed by atoms with van der Waals surface area (Å²) in [6.07, 6.45) is 0.865. The average Bonchev–Trinajstić information content (AvgIpc) is 3.13. The number of hydrogen-bond acceptors (Lipinski definition) is 5. The number of benzene rings is 2. The molecule has 0 spiro atoms. The van der Waals surface area contributed by atoms with Gasteiger partial charge in [-0.05, 0) is 36.1 Å². The van der Waals surface area contributed by atoms with Crippen LogP contribution in [-0.4, -0.2) is 42.2 Å². The maximum atomic E-state index is 12.5. The number of unbranched alkanes of at least 4 members (excludes halogenated alkanes) is 1. The molecular weight excluding hydrogens is 444 g/mol. The van der Waals surface area contributed by atoms with Gasteiger partial charge in [-0.25, -0.2) is 9.59 Å². The Morgan fingerprint density at radius 1 is 1.09 bits per heavy atom. The number of aromatic carboxylic acids is 1. The van der Waals surface area contributed by atoms with E-state index in [-0.39, 0.29) is 28.8 Å². The molecular formula is C24H26N2O6S. The van der Waals surface area contributed by atoms with Gasteiger partial charge in [-0.2, -0.15) is 4.98 Å². The molecule has 1 unspecified atom stereocenters. The summed E-state index contributed by atoms with van der Waals surface area (Å²) in [5.74, 6) is -0.113. The number of rotatable bonds is 10. The summed E-state index contributed by atoms with van der Waals surface area (Å²) in [4.78, 5) is 27.3. The molecule has 1 heterocycles.